The van der Waals surface area contributed by atoms with Crippen molar-refractivity contribution in [1.82, 2.24) is 14.9 Å². The fourth-order valence-electron chi connectivity index (χ4n) is 4.34. The average molecular weight is 490 g/mol. The molecular formula is C27H24FN3O3S. The van der Waals surface area contributed by atoms with Crippen molar-refractivity contribution in [3.63, 3.8) is 0 Å². The average Bonchev–Trinajstić information content (AvgIpc) is 2.88. The van der Waals surface area contributed by atoms with Gasteiger partial charge in [0.15, 0.2) is 0 Å². The molecule has 178 valence electrons. The van der Waals surface area contributed by atoms with E-state index in [1.54, 1.807) is 41.6 Å². The molecular weight excluding hydrogens is 465 g/mol. The zero-order chi connectivity index (χ0) is 24.4. The maximum absolute atomic E-state index is 13.8. The summed E-state index contributed by atoms with van der Waals surface area (Å²) in [5, 5.41) is 3.02. The molecule has 2 heterocycles. The number of hydrogen-bond donors (Lipinski definition) is 1. The molecule has 0 bridgehead atoms. The number of rotatable bonds is 6. The molecule has 0 aliphatic carbocycles. The summed E-state index contributed by atoms with van der Waals surface area (Å²) in [4.78, 5) is 31.8. The van der Waals surface area contributed by atoms with E-state index in [-0.39, 0.29) is 36.2 Å². The van der Waals surface area contributed by atoms with Crippen LogP contribution in [0, 0.1) is 5.82 Å². The molecule has 1 aromatic heterocycles. The van der Waals surface area contributed by atoms with Crippen molar-refractivity contribution >= 4 is 28.7 Å². The van der Waals surface area contributed by atoms with E-state index in [1.807, 2.05) is 36.4 Å². The number of carbonyl (C=O) groups excluding carboxylic acids is 1. The first kappa shape index (κ1) is 23.1. The van der Waals surface area contributed by atoms with E-state index in [4.69, 9.17) is 4.74 Å². The molecule has 1 amide bonds. The third-order valence-electron chi connectivity index (χ3n) is 6.09. The molecule has 1 aliphatic rings. The lowest BCUT2D eigenvalue weighted by molar-refractivity contribution is -0.121. The van der Waals surface area contributed by atoms with Crippen LogP contribution in [-0.2, 0) is 11.2 Å². The first-order chi connectivity index (χ1) is 17.0. The summed E-state index contributed by atoms with van der Waals surface area (Å²) >= 11 is 1.66. The number of fused-ring (bicyclic) bond motifs is 2. The van der Waals surface area contributed by atoms with Gasteiger partial charge in [-0.15, -0.1) is 11.8 Å². The van der Waals surface area contributed by atoms with Gasteiger partial charge in [0.2, 0.25) is 5.91 Å². The molecule has 0 radical (unpaired) electrons. The number of aromatic nitrogens is 2. The minimum Gasteiger partial charge on any atom is -0.497 e. The van der Waals surface area contributed by atoms with Crippen molar-refractivity contribution < 1.29 is 13.9 Å². The number of nitrogens with one attached hydrogen (secondary N) is 1. The lowest BCUT2D eigenvalue weighted by atomic mass is 10.0. The second-order valence-electron chi connectivity index (χ2n) is 8.33. The smallest absolute Gasteiger partial charge is 0.277 e. The Kier molecular flexibility index (Phi) is 6.55. The lowest BCUT2D eigenvalue weighted by Crippen LogP contribution is -2.32. The Balaban J connectivity index is 1.39. The van der Waals surface area contributed by atoms with Crippen LogP contribution in [0.1, 0.15) is 30.1 Å². The van der Waals surface area contributed by atoms with Gasteiger partial charge >= 0.3 is 0 Å². The lowest BCUT2D eigenvalue weighted by Gasteiger charge is -2.26. The van der Waals surface area contributed by atoms with Crippen LogP contribution in [0.15, 0.2) is 76.4 Å². The first-order valence-corrected chi connectivity index (χ1v) is 12.4. The zero-order valence-corrected chi connectivity index (χ0v) is 20.0. The number of para-hydroxylation sites is 2. The molecule has 1 N–H and O–H groups in total. The van der Waals surface area contributed by atoms with Gasteiger partial charge in [-0.2, -0.15) is 0 Å². The number of aryl methyl sites for hydroxylation is 1. The Hall–Kier alpha value is -3.65. The summed E-state index contributed by atoms with van der Waals surface area (Å²) in [5.74, 6) is 1.04. The van der Waals surface area contributed by atoms with Crippen molar-refractivity contribution in [2.24, 2.45) is 0 Å². The third-order valence-corrected chi connectivity index (χ3v) is 7.22. The zero-order valence-electron chi connectivity index (χ0n) is 19.2. The summed E-state index contributed by atoms with van der Waals surface area (Å²) in [7, 11) is 1.59. The summed E-state index contributed by atoms with van der Waals surface area (Å²) in [6.07, 6.45) is 1.03. The molecule has 0 saturated carbocycles. The molecule has 3 aromatic carbocycles. The first-order valence-electron chi connectivity index (χ1n) is 11.4. The van der Waals surface area contributed by atoms with E-state index < -0.39 is 0 Å². The van der Waals surface area contributed by atoms with Gasteiger partial charge < -0.3 is 10.1 Å². The van der Waals surface area contributed by atoms with Gasteiger partial charge in [-0.3, -0.25) is 14.2 Å². The molecule has 8 heteroatoms. The quantitative estimate of drug-likeness (QED) is 0.420. The normalized spacial score (nSPS) is 15.0. The predicted molar refractivity (Wildman–Crippen MR) is 135 cm³/mol. The summed E-state index contributed by atoms with van der Waals surface area (Å²) in [5.41, 5.74) is 2.92. The Bertz CT molecular complexity index is 1450. The number of nitrogens with zero attached hydrogens (tertiary/aromatic N) is 2. The van der Waals surface area contributed by atoms with Crippen LogP contribution >= 0.6 is 11.8 Å². The highest BCUT2D eigenvalue weighted by Crippen LogP contribution is 2.36. The van der Waals surface area contributed by atoms with E-state index in [0.29, 0.717) is 28.2 Å². The van der Waals surface area contributed by atoms with Crippen LogP contribution < -0.4 is 15.6 Å². The van der Waals surface area contributed by atoms with Gasteiger partial charge in [-0.05, 0) is 66.6 Å². The Morgan fingerprint density at radius 1 is 1.17 bits per heavy atom. The van der Waals surface area contributed by atoms with Crippen LogP contribution in [0.25, 0.3) is 16.7 Å². The van der Waals surface area contributed by atoms with Crippen molar-refractivity contribution in [2.45, 2.75) is 30.2 Å². The highest BCUT2D eigenvalue weighted by molar-refractivity contribution is 7.99. The number of thioether (sulfide) groups is 1. The number of methoxy groups -OCH3 is 1. The largest absolute Gasteiger partial charge is 0.497 e. The summed E-state index contributed by atoms with van der Waals surface area (Å²) in [6, 6.07) is 19.1. The van der Waals surface area contributed by atoms with Crippen LogP contribution in [0.2, 0.25) is 0 Å². The SMILES string of the molecule is COc1ccc(-n2c(=O)c(CCC(=O)N[C@H]3CCSc4ccc(F)cc43)nc3ccccc32)cc1. The van der Waals surface area contributed by atoms with E-state index >= 15 is 0 Å². The monoisotopic (exact) mass is 489 g/mol. The molecule has 5 rings (SSSR count). The molecule has 0 spiro atoms. The Labute approximate surface area is 206 Å². The van der Waals surface area contributed by atoms with Crippen molar-refractivity contribution in [3.05, 3.63) is 94.2 Å². The van der Waals surface area contributed by atoms with E-state index in [0.717, 1.165) is 22.6 Å². The van der Waals surface area contributed by atoms with Crippen LogP contribution in [-0.4, -0.2) is 28.3 Å². The number of hydrogen-bond acceptors (Lipinski definition) is 5. The van der Waals surface area contributed by atoms with Gasteiger partial charge in [-0.25, -0.2) is 9.37 Å². The molecule has 4 aromatic rings. The van der Waals surface area contributed by atoms with Gasteiger partial charge in [0.25, 0.3) is 5.56 Å². The Morgan fingerprint density at radius 3 is 2.77 bits per heavy atom. The molecule has 0 fully saturated rings. The van der Waals surface area contributed by atoms with Gasteiger partial charge in [0.1, 0.15) is 17.3 Å². The minimum atomic E-state index is -0.315. The highest BCUT2D eigenvalue weighted by atomic mass is 32.2. The molecule has 1 atom stereocenters. The molecule has 1 aliphatic heterocycles. The second-order valence-corrected chi connectivity index (χ2v) is 9.46. The van der Waals surface area contributed by atoms with Gasteiger partial charge in [0.05, 0.1) is 24.2 Å². The van der Waals surface area contributed by atoms with Crippen molar-refractivity contribution in [1.29, 1.82) is 0 Å². The number of ether oxygens (including phenoxy) is 1. The van der Waals surface area contributed by atoms with Gasteiger partial charge in [0, 0.05) is 29.2 Å². The standard InChI is InChI=1S/C27H24FN3O3S/c1-34-19-9-7-18(8-10-19)31-24-5-3-2-4-22(24)29-23(27(31)33)11-13-26(32)30-21-14-15-35-25-12-6-17(28)16-20(21)25/h2-10,12,16,21H,11,13-15H2,1H3,(H,30,32)/t21-/m0/s1. The van der Waals surface area contributed by atoms with Crippen molar-refractivity contribution in [2.75, 3.05) is 12.9 Å². The Morgan fingerprint density at radius 2 is 1.97 bits per heavy atom. The molecule has 0 unspecified atom stereocenters. The van der Waals surface area contributed by atoms with Gasteiger partial charge in [-0.1, -0.05) is 12.1 Å². The fourth-order valence-corrected chi connectivity index (χ4v) is 5.45. The summed E-state index contributed by atoms with van der Waals surface area (Å²) < 4.78 is 20.6. The fraction of sp³-hybridized carbons (Fsp3) is 0.222. The number of halogens is 1. The van der Waals surface area contributed by atoms with E-state index in [9.17, 15) is 14.0 Å². The molecule has 0 saturated heterocycles. The molecule has 6 nitrogen and oxygen atoms in total. The van der Waals surface area contributed by atoms with Crippen LogP contribution in [0.5, 0.6) is 5.75 Å². The number of amides is 1. The topological polar surface area (TPSA) is 73.2 Å². The maximum atomic E-state index is 13.8. The predicted octanol–water partition coefficient (Wildman–Crippen LogP) is 4.82. The molecule has 35 heavy (non-hydrogen) atoms. The minimum absolute atomic E-state index is 0.109. The third kappa shape index (κ3) is 4.79. The number of benzene rings is 3. The van der Waals surface area contributed by atoms with Crippen molar-refractivity contribution in [3.8, 4) is 11.4 Å². The van der Waals surface area contributed by atoms with Crippen LogP contribution in [0.4, 0.5) is 4.39 Å². The van der Waals surface area contributed by atoms with E-state index in [1.165, 1.54) is 12.1 Å². The summed E-state index contributed by atoms with van der Waals surface area (Å²) in [6.45, 7) is 0. The second kappa shape index (κ2) is 9.92. The number of carbonyl (C=O) groups is 1. The maximum Gasteiger partial charge on any atom is 0.277 e. The highest BCUT2D eigenvalue weighted by Gasteiger charge is 2.23. The van der Waals surface area contributed by atoms with Crippen LogP contribution in [0.3, 0.4) is 0 Å². The van der Waals surface area contributed by atoms with E-state index in [2.05, 4.69) is 10.3 Å².